The van der Waals surface area contributed by atoms with Gasteiger partial charge in [-0.25, -0.2) is 0 Å². The summed E-state index contributed by atoms with van der Waals surface area (Å²) in [7, 11) is 0. The molecule has 1 nitrogen and oxygen atoms in total. The number of ketones is 1. The van der Waals surface area contributed by atoms with Crippen molar-refractivity contribution in [2.75, 3.05) is 11.5 Å². The number of Topliss-reactive ketones (excluding diaryl/α,β-unsaturated/α-hetero) is 1. The molecule has 2 aromatic rings. The first-order valence-corrected chi connectivity index (χ1v) is 12.8. The van der Waals surface area contributed by atoms with Crippen molar-refractivity contribution in [2.24, 2.45) is 5.92 Å². The average molecular weight is 590 g/mol. The molecule has 0 spiro atoms. The summed E-state index contributed by atoms with van der Waals surface area (Å²) in [5, 5.41) is -0.502. The monoisotopic (exact) mass is 588 g/mol. The Morgan fingerprint density at radius 2 is 1.67 bits per heavy atom. The normalized spacial score (nSPS) is 14.2. The van der Waals surface area contributed by atoms with Gasteiger partial charge in [0.25, 0.3) is 0 Å². The van der Waals surface area contributed by atoms with E-state index < -0.39 is 35.2 Å². The second-order valence-electron chi connectivity index (χ2n) is 8.04. The fourth-order valence-corrected chi connectivity index (χ4v) is 4.79. The highest BCUT2D eigenvalue weighted by molar-refractivity contribution is 7.99. The van der Waals surface area contributed by atoms with E-state index >= 15 is 0 Å². The summed E-state index contributed by atoms with van der Waals surface area (Å²) < 4.78 is 82.4. The molecule has 0 aliphatic rings. The summed E-state index contributed by atoms with van der Waals surface area (Å²) in [6.07, 6.45) is -6.47. The van der Waals surface area contributed by atoms with Crippen LogP contribution in [0.4, 0.5) is 26.3 Å². The summed E-state index contributed by atoms with van der Waals surface area (Å²) in [5.41, 5.74) is -2.22. The standard InChI is InChI=1S/C25H21Cl3F6OS/c1-3-8-36-13-14(2)9-22(35)17-6-4-15(10-19(17)25(32,33)34)5-7-18(24(29,30)31)16-11-20(26)23(28)21(27)12-16/h3-7,10-12,14,18H,1,8-9,13H2,2H3/b7-5+/t14-,18?/m0/s1. The zero-order valence-corrected chi connectivity index (χ0v) is 21.9. The number of benzene rings is 2. The van der Waals surface area contributed by atoms with E-state index in [0.717, 1.165) is 24.3 Å². The molecule has 0 radical (unpaired) electrons. The van der Waals surface area contributed by atoms with E-state index in [1.165, 1.54) is 17.8 Å². The van der Waals surface area contributed by atoms with Crippen LogP contribution in [0.25, 0.3) is 6.08 Å². The van der Waals surface area contributed by atoms with Crippen molar-refractivity contribution >= 4 is 58.4 Å². The molecule has 2 atom stereocenters. The first-order chi connectivity index (χ1) is 16.6. The zero-order valence-electron chi connectivity index (χ0n) is 18.8. The van der Waals surface area contributed by atoms with Gasteiger partial charge in [0, 0.05) is 17.7 Å². The van der Waals surface area contributed by atoms with Crippen LogP contribution in [0.15, 0.2) is 49.1 Å². The first kappa shape index (κ1) is 30.6. The van der Waals surface area contributed by atoms with Crippen LogP contribution in [0.3, 0.4) is 0 Å². The predicted molar refractivity (Wildman–Crippen MR) is 136 cm³/mol. The van der Waals surface area contributed by atoms with E-state index in [4.69, 9.17) is 34.8 Å². The number of hydrogen-bond acceptors (Lipinski definition) is 2. The number of thioether (sulfide) groups is 1. The summed E-state index contributed by atoms with van der Waals surface area (Å²) >= 11 is 19.0. The fourth-order valence-electron chi connectivity index (χ4n) is 3.35. The molecule has 0 aliphatic carbocycles. The lowest BCUT2D eigenvalue weighted by molar-refractivity contribution is -0.139. The summed E-state index contributed by atoms with van der Waals surface area (Å²) in [6.45, 7) is 5.34. The summed E-state index contributed by atoms with van der Waals surface area (Å²) in [5.74, 6) is -1.86. The van der Waals surface area contributed by atoms with Crippen LogP contribution in [-0.2, 0) is 6.18 Å². The third kappa shape index (κ3) is 8.47. The van der Waals surface area contributed by atoms with Crippen LogP contribution in [0.1, 0.15) is 46.3 Å². The van der Waals surface area contributed by atoms with Crippen molar-refractivity contribution in [2.45, 2.75) is 31.6 Å². The Labute approximate surface area is 224 Å². The molecule has 0 amide bonds. The number of alkyl halides is 6. The van der Waals surface area contributed by atoms with Crippen molar-refractivity contribution < 1.29 is 31.1 Å². The minimum absolute atomic E-state index is 0.101. The molecule has 0 aromatic heterocycles. The van der Waals surface area contributed by atoms with Gasteiger partial charge in [0.2, 0.25) is 0 Å². The number of halogens is 9. The highest BCUT2D eigenvalue weighted by Gasteiger charge is 2.40. The Morgan fingerprint density at radius 1 is 1.06 bits per heavy atom. The van der Waals surface area contributed by atoms with Gasteiger partial charge in [-0.3, -0.25) is 4.79 Å². The van der Waals surface area contributed by atoms with Gasteiger partial charge in [0.15, 0.2) is 5.78 Å². The molecule has 0 saturated carbocycles. The molecular weight excluding hydrogens is 569 g/mol. The topological polar surface area (TPSA) is 17.1 Å². The third-order valence-electron chi connectivity index (χ3n) is 5.02. The lowest BCUT2D eigenvalue weighted by Crippen LogP contribution is -2.19. The van der Waals surface area contributed by atoms with E-state index in [1.54, 1.807) is 13.0 Å². The van der Waals surface area contributed by atoms with Crippen LogP contribution < -0.4 is 0 Å². The van der Waals surface area contributed by atoms with Gasteiger partial charge in [-0.2, -0.15) is 38.1 Å². The maximum Gasteiger partial charge on any atom is 0.417 e. The molecule has 2 aromatic carbocycles. The van der Waals surface area contributed by atoms with Crippen LogP contribution in [0.5, 0.6) is 0 Å². The van der Waals surface area contributed by atoms with E-state index in [9.17, 15) is 31.1 Å². The maximum atomic E-state index is 13.7. The Bertz CT molecular complexity index is 1100. The molecule has 0 saturated heterocycles. The predicted octanol–water partition coefficient (Wildman–Crippen LogP) is 10.2. The Kier molecular flexibility index (Phi) is 10.9. The largest absolute Gasteiger partial charge is 0.417 e. The van der Waals surface area contributed by atoms with Crippen LogP contribution in [0.2, 0.25) is 15.1 Å². The smallest absolute Gasteiger partial charge is 0.294 e. The Morgan fingerprint density at radius 3 is 2.19 bits per heavy atom. The van der Waals surface area contributed by atoms with Gasteiger partial charge in [-0.1, -0.05) is 72.1 Å². The number of allylic oxidation sites excluding steroid dienone is 1. The minimum Gasteiger partial charge on any atom is -0.294 e. The Balaban J connectivity index is 2.39. The molecule has 0 N–H and O–H groups in total. The molecule has 36 heavy (non-hydrogen) atoms. The summed E-state index contributed by atoms with van der Waals surface area (Å²) in [4.78, 5) is 12.6. The minimum atomic E-state index is -4.88. The van der Waals surface area contributed by atoms with Crippen molar-refractivity contribution in [1.82, 2.24) is 0 Å². The van der Waals surface area contributed by atoms with Gasteiger partial charge in [0.05, 0.1) is 26.5 Å². The van der Waals surface area contributed by atoms with Crippen molar-refractivity contribution in [3.8, 4) is 0 Å². The van der Waals surface area contributed by atoms with E-state index in [-0.39, 0.29) is 38.5 Å². The molecule has 2 rings (SSSR count). The molecule has 0 aliphatic heterocycles. The quantitative estimate of drug-likeness (QED) is 0.0902. The average Bonchev–Trinajstić information content (AvgIpc) is 2.76. The van der Waals surface area contributed by atoms with Crippen LogP contribution in [0, 0.1) is 5.92 Å². The molecule has 1 unspecified atom stereocenters. The van der Waals surface area contributed by atoms with Crippen LogP contribution in [-0.4, -0.2) is 23.5 Å². The summed E-state index contributed by atoms with van der Waals surface area (Å²) in [6, 6.07) is 4.82. The Hall–Kier alpha value is -1.61. The zero-order chi connectivity index (χ0) is 27.3. The third-order valence-corrected chi connectivity index (χ3v) is 7.49. The molecule has 0 fully saturated rings. The second kappa shape index (κ2) is 12.8. The molecule has 0 bridgehead atoms. The highest BCUT2D eigenvalue weighted by Crippen LogP contribution is 2.41. The lowest BCUT2D eigenvalue weighted by atomic mass is 9.93. The van der Waals surface area contributed by atoms with Crippen molar-refractivity contribution in [3.63, 3.8) is 0 Å². The number of hydrogen-bond donors (Lipinski definition) is 0. The van der Waals surface area contributed by atoms with Gasteiger partial charge < -0.3 is 0 Å². The lowest BCUT2D eigenvalue weighted by Gasteiger charge is -2.19. The van der Waals surface area contributed by atoms with Gasteiger partial charge in [0.1, 0.15) is 0 Å². The number of carbonyl (C=O) groups is 1. The van der Waals surface area contributed by atoms with E-state index in [2.05, 4.69) is 6.58 Å². The van der Waals surface area contributed by atoms with E-state index in [1.807, 2.05) is 0 Å². The fraction of sp³-hybridized carbons (Fsp3) is 0.320. The molecule has 11 heteroatoms. The number of rotatable bonds is 10. The van der Waals surface area contributed by atoms with Gasteiger partial charge >= 0.3 is 12.4 Å². The molecule has 196 valence electrons. The van der Waals surface area contributed by atoms with Crippen molar-refractivity contribution in [1.29, 1.82) is 0 Å². The molecule has 0 heterocycles. The number of carbonyl (C=O) groups excluding carboxylic acids is 1. The van der Waals surface area contributed by atoms with Crippen LogP contribution >= 0.6 is 46.6 Å². The van der Waals surface area contributed by atoms with Crippen molar-refractivity contribution in [3.05, 3.63) is 86.4 Å². The first-order valence-electron chi connectivity index (χ1n) is 10.5. The SMILES string of the molecule is C=CCSC[C@@H](C)CC(=O)c1ccc(/C=C/C(c2cc(Cl)c(Cl)c(Cl)c2)C(F)(F)F)cc1C(F)(F)F. The molecular formula is C25H21Cl3F6OS. The highest BCUT2D eigenvalue weighted by atomic mass is 35.5. The van der Waals surface area contributed by atoms with Gasteiger partial charge in [-0.15, -0.1) is 6.58 Å². The second-order valence-corrected chi connectivity index (χ2v) is 10.3. The van der Waals surface area contributed by atoms with Gasteiger partial charge in [-0.05, 0) is 41.0 Å². The maximum absolute atomic E-state index is 13.7. The van der Waals surface area contributed by atoms with E-state index in [0.29, 0.717) is 23.6 Å².